The number of aromatic nitrogens is 2. The Hall–Kier alpha value is -2.31. The average molecular weight is 282 g/mol. The second kappa shape index (κ2) is 4.99. The van der Waals surface area contributed by atoms with E-state index in [1.807, 2.05) is 19.1 Å². The van der Waals surface area contributed by atoms with E-state index < -0.39 is 12.0 Å². The fourth-order valence-electron chi connectivity index (χ4n) is 1.65. The number of aryl methyl sites for hydroxylation is 1. The lowest BCUT2D eigenvalue weighted by Crippen LogP contribution is -2.18. The molecule has 0 fully saturated rings. The lowest BCUT2D eigenvalue weighted by Gasteiger charge is -2.19. The number of nitrogens with two attached hydrogens (primary N) is 1. The van der Waals surface area contributed by atoms with Gasteiger partial charge in [-0.05, 0) is 19.1 Å². The summed E-state index contributed by atoms with van der Waals surface area (Å²) in [4.78, 5) is 8.24. The molecule has 2 N–H and O–H groups in total. The zero-order valence-electron chi connectivity index (χ0n) is 10.9. The van der Waals surface area contributed by atoms with E-state index in [0.29, 0.717) is 5.69 Å². The maximum atomic E-state index is 12.7. The number of rotatable bonds is 2. The van der Waals surface area contributed by atoms with Gasteiger partial charge in [0.15, 0.2) is 0 Å². The Morgan fingerprint density at radius 3 is 2.25 bits per heavy atom. The third-order valence-electron chi connectivity index (χ3n) is 2.75. The first-order valence-electron chi connectivity index (χ1n) is 5.79. The summed E-state index contributed by atoms with van der Waals surface area (Å²) in [5, 5.41) is 0. The van der Waals surface area contributed by atoms with Gasteiger partial charge in [0, 0.05) is 18.8 Å². The molecule has 0 amide bonds. The fourth-order valence-corrected chi connectivity index (χ4v) is 1.65. The topological polar surface area (TPSA) is 55.0 Å². The van der Waals surface area contributed by atoms with Crippen molar-refractivity contribution in [3.63, 3.8) is 0 Å². The summed E-state index contributed by atoms with van der Waals surface area (Å²) in [5.74, 6) is -1.37. The van der Waals surface area contributed by atoms with E-state index in [2.05, 4.69) is 9.97 Å². The maximum Gasteiger partial charge on any atom is 0.451 e. The van der Waals surface area contributed by atoms with Crippen molar-refractivity contribution in [1.29, 1.82) is 0 Å². The van der Waals surface area contributed by atoms with Gasteiger partial charge in [-0.1, -0.05) is 17.7 Å². The molecule has 4 nitrogen and oxygen atoms in total. The zero-order chi connectivity index (χ0) is 14.9. The van der Waals surface area contributed by atoms with E-state index in [4.69, 9.17) is 5.73 Å². The molecule has 2 rings (SSSR count). The van der Waals surface area contributed by atoms with Gasteiger partial charge in [-0.2, -0.15) is 13.2 Å². The van der Waals surface area contributed by atoms with Crippen molar-refractivity contribution in [3.8, 4) is 0 Å². The predicted molar refractivity (Wildman–Crippen MR) is 70.7 cm³/mol. The van der Waals surface area contributed by atoms with Crippen LogP contribution in [0.1, 0.15) is 11.4 Å². The van der Waals surface area contributed by atoms with Crippen LogP contribution in [0.25, 0.3) is 0 Å². The van der Waals surface area contributed by atoms with Gasteiger partial charge < -0.3 is 10.6 Å². The fraction of sp³-hybridized carbons (Fsp3) is 0.231. The quantitative estimate of drug-likeness (QED) is 0.919. The number of nitrogen functional groups attached to an aromatic ring is 1. The van der Waals surface area contributed by atoms with E-state index >= 15 is 0 Å². The molecule has 0 bridgehead atoms. The van der Waals surface area contributed by atoms with E-state index in [0.717, 1.165) is 5.56 Å². The maximum absolute atomic E-state index is 12.7. The summed E-state index contributed by atoms with van der Waals surface area (Å²) in [6.45, 7) is 1.92. The van der Waals surface area contributed by atoms with Crippen LogP contribution in [-0.2, 0) is 6.18 Å². The van der Waals surface area contributed by atoms with Gasteiger partial charge >= 0.3 is 6.18 Å². The molecule has 0 aliphatic heterocycles. The molecule has 1 aromatic carbocycles. The molecule has 0 saturated heterocycles. The number of anilines is 3. The van der Waals surface area contributed by atoms with Crippen molar-refractivity contribution in [2.45, 2.75) is 13.1 Å². The summed E-state index contributed by atoms with van der Waals surface area (Å²) in [7, 11) is 1.62. The highest BCUT2D eigenvalue weighted by Crippen LogP contribution is 2.30. The molecule has 7 heteroatoms. The molecule has 0 spiro atoms. The molecule has 106 valence electrons. The number of benzene rings is 1. The van der Waals surface area contributed by atoms with Crippen LogP contribution in [0.4, 0.5) is 30.5 Å². The number of halogens is 3. The Balaban J connectivity index is 2.42. The summed E-state index contributed by atoms with van der Waals surface area (Å²) in [5.41, 5.74) is 7.18. The van der Waals surface area contributed by atoms with Crippen molar-refractivity contribution >= 4 is 17.3 Å². The molecule has 1 heterocycles. The summed E-state index contributed by atoms with van der Waals surface area (Å²) in [6, 6.07) is 8.61. The molecule has 0 atom stereocenters. The van der Waals surface area contributed by atoms with Crippen molar-refractivity contribution in [2.24, 2.45) is 0 Å². The third kappa shape index (κ3) is 2.98. The Labute approximate surface area is 114 Å². The van der Waals surface area contributed by atoms with Gasteiger partial charge in [0.2, 0.25) is 5.82 Å². The number of hydrogen-bond donors (Lipinski definition) is 1. The summed E-state index contributed by atoms with van der Waals surface area (Å²) >= 11 is 0. The Kier molecular flexibility index (Phi) is 3.52. The van der Waals surface area contributed by atoms with Gasteiger partial charge in [0.25, 0.3) is 0 Å². The van der Waals surface area contributed by atoms with Crippen molar-refractivity contribution in [2.75, 3.05) is 17.7 Å². The minimum absolute atomic E-state index is 0.0914. The molecule has 0 aliphatic rings. The standard InChI is InChI=1S/C13H13F3N4/c1-8-3-5-9(6-4-8)20(2)11-7-10(17)18-12(19-11)13(14,15)16/h3-7H,1-2H3,(H2,17,18,19). The molecule has 0 unspecified atom stereocenters. The molecular formula is C13H13F3N4. The first-order valence-corrected chi connectivity index (χ1v) is 5.79. The van der Waals surface area contributed by atoms with Crippen LogP contribution < -0.4 is 10.6 Å². The van der Waals surface area contributed by atoms with Gasteiger partial charge in [-0.15, -0.1) is 0 Å². The largest absolute Gasteiger partial charge is 0.451 e. The van der Waals surface area contributed by atoms with E-state index in [1.54, 1.807) is 19.2 Å². The van der Waals surface area contributed by atoms with Gasteiger partial charge in [0.1, 0.15) is 11.6 Å². The lowest BCUT2D eigenvalue weighted by molar-refractivity contribution is -0.144. The number of nitrogens with zero attached hydrogens (tertiary/aromatic N) is 3. The van der Waals surface area contributed by atoms with E-state index in [-0.39, 0.29) is 11.6 Å². The second-order valence-corrected chi connectivity index (χ2v) is 4.37. The monoisotopic (exact) mass is 282 g/mol. The van der Waals surface area contributed by atoms with Crippen LogP contribution in [0, 0.1) is 6.92 Å². The molecular weight excluding hydrogens is 269 g/mol. The van der Waals surface area contributed by atoms with Crippen LogP contribution in [0.2, 0.25) is 0 Å². The highest BCUT2D eigenvalue weighted by atomic mass is 19.4. The Morgan fingerprint density at radius 2 is 1.70 bits per heavy atom. The van der Waals surface area contributed by atoms with Crippen LogP contribution in [0.15, 0.2) is 30.3 Å². The number of hydrogen-bond acceptors (Lipinski definition) is 4. The van der Waals surface area contributed by atoms with Gasteiger partial charge in [0.05, 0.1) is 0 Å². The minimum Gasteiger partial charge on any atom is -0.384 e. The SMILES string of the molecule is Cc1ccc(N(C)c2cc(N)nc(C(F)(F)F)n2)cc1. The Morgan fingerprint density at radius 1 is 1.10 bits per heavy atom. The predicted octanol–water partition coefficient (Wildman–Crippen LogP) is 3.15. The third-order valence-corrected chi connectivity index (χ3v) is 2.75. The van der Waals surface area contributed by atoms with Crippen molar-refractivity contribution in [1.82, 2.24) is 9.97 Å². The highest BCUT2D eigenvalue weighted by molar-refractivity contribution is 5.61. The van der Waals surface area contributed by atoms with E-state index in [1.165, 1.54) is 11.0 Å². The average Bonchev–Trinajstić information content (AvgIpc) is 2.37. The van der Waals surface area contributed by atoms with Crippen LogP contribution in [0.5, 0.6) is 0 Å². The van der Waals surface area contributed by atoms with Crippen LogP contribution >= 0.6 is 0 Å². The molecule has 0 saturated carbocycles. The minimum atomic E-state index is -4.63. The van der Waals surface area contributed by atoms with Gasteiger partial charge in [-0.3, -0.25) is 0 Å². The zero-order valence-corrected chi connectivity index (χ0v) is 10.9. The highest BCUT2D eigenvalue weighted by Gasteiger charge is 2.35. The Bertz CT molecular complexity index is 608. The lowest BCUT2D eigenvalue weighted by atomic mass is 10.2. The molecule has 0 radical (unpaired) electrons. The molecule has 20 heavy (non-hydrogen) atoms. The molecule has 0 aliphatic carbocycles. The van der Waals surface area contributed by atoms with E-state index in [9.17, 15) is 13.2 Å². The number of alkyl halides is 3. The smallest absolute Gasteiger partial charge is 0.384 e. The first-order chi connectivity index (χ1) is 9.27. The molecule has 1 aromatic heterocycles. The summed E-state index contributed by atoms with van der Waals surface area (Å²) in [6.07, 6.45) is -4.63. The first kappa shape index (κ1) is 14.1. The van der Waals surface area contributed by atoms with Gasteiger partial charge in [-0.25, -0.2) is 9.97 Å². The second-order valence-electron chi connectivity index (χ2n) is 4.37. The van der Waals surface area contributed by atoms with Crippen molar-refractivity contribution < 1.29 is 13.2 Å². The molecule has 2 aromatic rings. The van der Waals surface area contributed by atoms with Crippen molar-refractivity contribution in [3.05, 3.63) is 41.7 Å². The normalized spacial score (nSPS) is 11.4. The van der Waals surface area contributed by atoms with Crippen LogP contribution in [0.3, 0.4) is 0 Å². The van der Waals surface area contributed by atoms with Crippen LogP contribution in [-0.4, -0.2) is 17.0 Å². The summed E-state index contributed by atoms with van der Waals surface area (Å²) < 4.78 is 38.0.